The molecule has 1 aromatic carbocycles. The van der Waals surface area contributed by atoms with Gasteiger partial charge in [-0.2, -0.15) is 0 Å². The summed E-state index contributed by atoms with van der Waals surface area (Å²) in [7, 11) is 1.61. The Morgan fingerprint density at radius 1 is 1.38 bits per heavy atom. The Hall–Kier alpha value is -2.40. The lowest BCUT2D eigenvalue weighted by atomic mass is 10.1. The zero-order valence-electron chi connectivity index (χ0n) is 11.5. The van der Waals surface area contributed by atoms with E-state index in [0.29, 0.717) is 11.5 Å². The Bertz CT molecular complexity index is 731. The standard InChI is InChI=1S/C16H14N2O2S/c1-17-16(19)14-9-18-15(21-14)7-6-11-8-12-4-2-3-5-13(12)20-10-11/h2-9H,10H2,1H3,(H,17,19)/b7-6+. The van der Waals surface area contributed by atoms with E-state index in [1.807, 2.05) is 36.4 Å². The predicted molar refractivity (Wildman–Crippen MR) is 84.5 cm³/mol. The lowest BCUT2D eigenvalue weighted by Crippen LogP contribution is -2.16. The zero-order valence-corrected chi connectivity index (χ0v) is 12.3. The number of thiazole rings is 1. The number of aromatic nitrogens is 1. The molecule has 2 aromatic rings. The van der Waals surface area contributed by atoms with Crippen molar-refractivity contribution in [2.45, 2.75) is 0 Å². The third-order valence-corrected chi connectivity index (χ3v) is 4.03. The summed E-state index contributed by atoms with van der Waals surface area (Å²) in [6, 6.07) is 7.93. The van der Waals surface area contributed by atoms with Crippen molar-refractivity contribution in [3.05, 3.63) is 57.6 Å². The van der Waals surface area contributed by atoms with E-state index in [1.165, 1.54) is 11.3 Å². The second kappa shape index (κ2) is 5.93. The van der Waals surface area contributed by atoms with Crippen molar-refractivity contribution in [2.75, 3.05) is 13.7 Å². The molecule has 0 atom stereocenters. The van der Waals surface area contributed by atoms with Crippen molar-refractivity contribution in [1.29, 1.82) is 0 Å². The first-order valence-electron chi connectivity index (χ1n) is 6.54. The van der Waals surface area contributed by atoms with E-state index in [2.05, 4.69) is 16.4 Å². The molecular formula is C16H14N2O2S. The predicted octanol–water partition coefficient (Wildman–Crippen LogP) is 2.99. The molecule has 4 nitrogen and oxygen atoms in total. The second-order valence-corrected chi connectivity index (χ2v) is 5.58. The van der Waals surface area contributed by atoms with Gasteiger partial charge in [-0.15, -0.1) is 11.3 Å². The van der Waals surface area contributed by atoms with Crippen molar-refractivity contribution in [2.24, 2.45) is 0 Å². The number of nitrogens with zero attached hydrogens (tertiary/aromatic N) is 1. The monoisotopic (exact) mass is 298 g/mol. The Labute approximate surface area is 126 Å². The van der Waals surface area contributed by atoms with Gasteiger partial charge >= 0.3 is 0 Å². The minimum atomic E-state index is -0.110. The number of carbonyl (C=O) groups is 1. The molecular weight excluding hydrogens is 284 g/mol. The third kappa shape index (κ3) is 3.03. The van der Waals surface area contributed by atoms with Gasteiger partial charge in [-0.05, 0) is 23.8 Å². The molecule has 5 heteroatoms. The highest BCUT2D eigenvalue weighted by Crippen LogP contribution is 2.26. The van der Waals surface area contributed by atoms with Crippen LogP contribution in [0, 0.1) is 0 Å². The van der Waals surface area contributed by atoms with Gasteiger partial charge in [0.1, 0.15) is 22.2 Å². The first kappa shape index (κ1) is 13.6. The summed E-state index contributed by atoms with van der Waals surface area (Å²) in [4.78, 5) is 16.3. The molecule has 1 N–H and O–H groups in total. The normalized spacial score (nSPS) is 13.5. The fraction of sp³-hybridized carbons (Fsp3) is 0.125. The Morgan fingerprint density at radius 2 is 2.24 bits per heavy atom. The van der Waals surface area contributed by atoms with Crippen LogP contribution in [0.2, 0.25) is 0 Å². The number of ether oxygens (including phenoxy) is 1. The molecule has 1 aliphatic heterocycles. The Morgan fingerprint density at radius 3 is 3.10 bits per heavy atom. The quantitative estimate of drug-likeness (QED) is 0.947. The molecule has 0 saturated carbocycles. The maximum absolute atomic E-state index is 11.5. The molecule has 0 fully saturated rings. The fourth-order valence-corrected chi connectivity index (χ4v) is 2.77. The Kier molecular flexibility index (Phi) is 3.83. The lowest BCUT2D eigenvalue weighted by Gasteiger charge is -2.15. The average Bonchev–Trinajstić information content (AvgIpc) is 3.01. The van der Waals surface area contributed by atoms with Crippen LogP contribution in [0.25, 0.3) is 12.2 Å². The molecule has 0 bridgehead atoms. The van der Waals surface area contributed by atoms with Crippen LogP contribution in [0.5, 0.6) is 5.75 Å². The number of hydrogen-bond acceptors (Lipinski definition) is 4. The number of para-hydroxylation sites is 1. The average molecular weight is 298 g/mol. The highest BCUT2D eigenvalue weighted by molar-refractivity contribution is 7.14. The summed E-state index contributed by atoms with van der Waals surface area (Å²) in [6.45, 7) is 0.543. The minimum Gasteiger partial charge on any atom is -0.488 e. The molecule has 21 heavy (non-hydrogen) atoms. The maximum atomic E-state index is 11.5. The maximum Gasteiger partial charge on any atom is 0.262 e. The van der Waals surface area contributed by atoms with Gasteiger partial charge < -0.3 is 10.1 Å². The molecule has 2 heterocycles. The van der Waals surface area contributed by atoms with E-state index in [9.17, 15) is 4.79 Å². The van der Waals surface area contributed by atoms with E-state index >= 15 is 0 Å². The molecule has 0 saturated heterocycles. The number of fused-ring (bicyclic) bond motifs is 1. The second-order valence-electron chi connectivity index (χ2n) is 4.52. The molecule has 0 radical (unpaired) electrons. The summed E-state index contributed by atoms with van der Waals surface area (Å²) in [5.74, 6) is 0.798. The first-order valence-corrected chi connectivity index (χ1v) is 7.36. The van der Waals surface area contributed by atoms with Gasteiger partial charge in [-0.3, -0.25) is 4.79 Å². The van der Waals surface area contributed by atoms with E-state index < -0.39 is 0 Å². The van der Waals surface area contributed by atoms with E-state index in [-0.39, 0.29) is 5.91 Å². The number of rotatable bonds is 3. The van der Waals surface area contributed by atoms with Crippen LogP contribution in [0.15, 0.2) is 42.1 Å². The summed E-state index contributed by atoms with van der Waals surface area (Å²) in [5.41, 5.74) is 2.15. The van der Waals surface area contributed by atoms with Gasteiger partial charge in [0.2, 0.25) is 0 Å². The van der Waals surface area contributed by atoms with Gasteiger partial charge in [-0.1, -0.05) is 24.3 Å². The molecule has 0 spiro atoms. The SMILES string of the molecule is CNC(=O)c1cnc(/C=C/C2=Cc3ccccc3OC2)s1. The lowest BCUT2D eigenvalue weighted by molar-refractivity contribution is 0.0967. The molecule has 1 aliphatic rings. The smallest absolute Gasteiger partial charge is 0.262 e. The topological polar surface area (TPSA) is 51.2 Å². The van der Waals surface area contributed by atoms with Crippen molar-refractivity contribution in [3.8, 4) is 5.75 Å². The summed E-state index contributed by atoms with van der Waals surface area (Å²) >= 11 is 1.36. The fourth-order valence-electron chi connectivity index (χ4n) is 2.00. The zero-order chi connectivity index (χ0) is 14.7. The van der Waals surface area contributed by atoms with Gasteiger partial charge in [-0.25, -0.2) is 4.98 Å². The van der Waals surface area contributed by atoms with Crippen LogP contribution in [-0.2, 0) is 0 Å². The number of amides is 1. The highest BCUT2D eigenvalue weighted by atomic mass is 32.1. The van der Waals surface area contributed by atoms with Crippen molar-refractivity contribution >= 4 is 29.4 Å². The molecule has 1 aromatic heterocycles. The molecule has 1 amide bonds. The van der Waals surface area contributed by atoms with E-state index in [1.54, 1.807) is 13.2 Å². The van der Waals surface area contributed by atoms with E-state index in [0.717, 1.165) is 21.9 Å². The van der Waals surface area contributed by atoms with Crippen LogP contribution < -0.4 is 10.1 Å². The summed E-state index contributed by atoms with van der Waals surface area (Å²) in [6.07, 6.45) is 7.56. The number of hydrogen-bond donors (Lipinski definition) is 1. The molecule has 0 aliphatic carbocycles. The first-order chi connectivity index (χ1) is 10.3. The van der Waals surface area contributed by atoms with Gasteiger partial charge in [0.15, 0.2) is 0 Å². The number of nitrogens with one attached hydrogen (secondary N) is 1. The van der Waals surface area contributed by atoms with Gasteiger partial charge in [0, 0.05) is 12.6 Å². The summed E-state index contributed by atoms with van der Waals surface area (Å²) in [5, 5.41) is 3.39. The largest absolute Gasteiger partial charge is 0.488 e. The van der Waals surface area contributed by atoms with Crippen LogP contribution in [-0.4, -0.2) is 24.5 Å². The van der Waals surface area contributed by atoms with Crippen molar-refractivity contribution in [3.63, 3.8) is 0 Å². The molecule has 3 rings (SSSR count). The van der Waals surface area contributed by atoms with Gasteiger partial charge in [0.25, 0.3) is 5.91 Å². The molecule has 106 valence electrons. The van der Waals surface area contributed by atoms with E-state index in [4.69, 9.17) is 4.74 Å². The minimum absolute atomic E-state index is 0.110. The van der Waals surface area contributed by atoms with Crippen LogP contribution in [0.1, 0.15) is 20.2 Å². The van der Waals surface area contributed by atoms with Crippen LogP contribution in [0.3, 0.4) is 0 Å². The third-order valence-electron chi connectivity index (χ3n) is 3.07. The number of benzene rings is 1. The van der Waals surface area contributed by atoms with Crippen molar-refractivity contribution < 1.29 is 9.53 Å². The Balaban J connectivity index is 1.77. The number of carbonyl (C=O) groups excluding carboxylic acids is 1. The van der Waals surface area contributed by atoms with Crippen LogP contribution >= 0.6 is 11.3 Å². The highest BCUT2D eigenvalue weighted by Gasteiger charge is 2.09. The summed E-state index contributed by atoms with van der Waals surface area (Å²) < 4.78 is 5.68. The molecule has 0 unspecified atom stereocenters. The van der Waals surface area contributed by atoms with Crippen molar-refractivity contribution in [1.82, 2.24) is 10.3 Å². The van der Waals surface area contributed by atoms with Gasteiger partial charge in [0.05, 0.1) is 6.20 Å². The van der Waals surface area contributed by atoms with Crippen LogP contribution in [0.4, 0.5) is 0 Å².